The zero-order valence-electron chi connectivity index (χ0n) is 15.0. The third kappa shape index (κ3) is 4.20. The van der Waals surface area contributed by atoms with Gasteiger partial charge in [0.15, 0.2) is 11.5 Å². The number of ether oxygens (including phenoxy) is 2. The lowest BCUT2D eigenvalue weighted by Crippen LogP contribution is -2.52. The molecule has 5 nitrogen and oxygen atoms in total. The molecular weight excluding hydrogens is 348 g/mol. The van der Waals surface area contributed by atoms with Gasteiger partial charge in [-0.3, -0.25) is 9.80 Å². The molecule has 1 aromatic heterocycles. The molecule has 1 fully saturated rings. The number of nitrogens with zero attached hydrogens (tertiary/aromatic N) is 2. The van der Waals surface area contributed by atoms with E-state index in [1.54, 1.807) is 11.3 Å². The average molecular weight is 375 g/mol. The molecular formula is C20H26N2O3S. The zero-order valence-corrected chi connectivity index (χ0v) is 15.8. The highest BCUT2D eigenvalue weighted by atomic mass is 32.1. The number of rotatable bonds is 6. The highest BCUT2D eigenvalue weighted by Crippen LogP contribution is 2.31. The second-order valence-corrected chi connectivity index (χ2v) is 7.76. The number of hydrogen-bond donors (Lipinski definition) is 1. The third-order valence-corrected chi connectivity index (χ3v) is 5.86. The second kappa shape index (κ2) is 8.39. The summed E-state index contributed by atoms with van der Waals surface area (Å²) < 4.78 is 11.3. The van der Waals surface area contributed by atoms with Gasteiger partial charge in [0, 0.05) is 45.4 Å². The van der Waals surface area contributed by atoms with Gasteiger partial charge in [-0.2, -0.15) is 11.3 Å². The first kappa shape index (κ1) is 17.8. The molecule has 2 aliphatic rings. The minimum atomic E-state index is 0.239. The number of piperazine rings is 1. The van der Waals surface area contributed by atoms with Crippen LogP contribution in [0, 0.1) is 0 Å². The van der Waals surface area contributed by atoms with Crippen LogP contribution in [0.5, 0.6) is 11.5 Å². The fourth-order valence-corrected chi connectivity index (χ4v) is 4.45. The van der Waals surface area contributed by atoms with Crippen molar-refractivity contribution >= 4 is 11.3 Å². The van der Waals surface area contributed by atoms with Gasteiger partial charge in [0.05, 0.1) is 0 Å². The number of hydrogen-bond acceptors (Lipinski definition) is 6. The second-order valence-electron chi connectivity index (χ2n) is 6.98. The first-order valence-electron chi connectivity index (χ1n) is 9.28. The van der Waals surface area contributed by atoms with Crippen molar-refractivity contribution in [3.05, 3.63) is 46.2 Å². The predicted molar refractivity (Wildman–Crippen MR) is 103 cm³/mol. The van der Waals surface area contributed by atoms with Crippen LogP contribution in [-0.4, -0.2) is 60.4 Å². The zero-order chi connectivity index (χ0) is 17.8. The standard InChI is InChI=1S/C20H26N2O3S/c23-7-3-18-14-21(5-6-22(18)13-17-4-10-26-15-17)12-16-1-2-19-20(11-16)25-9-8-24-19/h1-2,4,10-11,15,18,23H,3,5-9,12-14H2/t18-/m1/s1. The van der Waals surface area contributed by atoms with E-state index in [9.17, 15) is 5.11 Å². The average Bonchev–Trinajstić information content (AvgIpc) is 3.17. The molecule has 6 heteroatoms. The summed E-state index contributed by atoms with van der Waals surface area (Å²) in [6.07, 6.45) is 0.821. The molecule has 0 aliphatic carbocycles. The van der Waals surface area contributed by atoms with Crippen LogP contribution in [0.4, 0.5) is 0 Å². The smallest absolute Gasteiger partial charge is 0.161 e. The molecule has 140 valence electrons. The van der Waals surface area contributed by atoms with Crippen LogP contribution in [0.25, 0.3) is 0 Å². The van der Waals surface area contributed by atoms with Crippen molar-refractivity contribution in [3.8, 4) is 11.5 Å². The summed E-state index contributed by atoms with van der Waals surface area (Å²) in [5, 5.41) is 13.9. The molecule has 2 aliphatic heterocycles. The number of benzene rings is 1. The van der Waals surface area contributed by atoms with E-state index in [1.165, 1.54) is 11.1 Å². The Hall–Kier alpha value is -1.60. The SMILES string of the molecule is OCC[C@@H]1CN(Cc2ccc3c(c2)OCCO3)CCN1Cc1ccsc1. The van der Waals surface area contributed by atoms with Gasteiger partial charge in [0.2, 0.25) is 0 Å². The Labute approximate surface area is 158 Å². The molecule has 1 aromatic carbocycles. The van der Waals surface area contributed by atoms with Crippen LogP contribution >= 0.6 is 11.3 Å². The number of aliphatic hydroxyl groups excluding tert-OH is 1. The summed E-state index contributed by atoms with van der Waals surface area (Å²) in [5.74, 6) is 1.70. The molecule has 0 spiro atoms. The summed E-state index contributed by atoms with van der Waals surface area (Å²) in [6, 6.07) is 8.84. The van der Waals surface area contributed by atoms with Gasteiger partial charge in [0.1, 0.15) is 13.2 Å². The highest BCUT2D eigenvalue weighted by molar-refractivity contribution is 7.07. The molecule has 0 unspecified atom stereocenters. The van der Waals surface area contributed by atoms with E-state index in [0.717, 1.165) is 50.6 Å². The van der Waals surface area contributed by atoms with Crippen LogP contribution in [0.1, 0.15) is 17.5 Å². The van der Waals surface area contributed by atoms with Crippen LogP contribution in [0.3, 0.4) is 0 Å². The van der Waals surface area contributed by atoms with E-state index < -0.39 is 0 Å². The van der Waals surface area contributed by atoms with E-state index in [-0.39, 0.29) is 6.61 Å². The molecule has 1 atom stereocenters. The van der Waals surface area contributed by atoms with Gasteiger partial charge in [0.25, 0.3) is 0 Å². The Bertz CT molecular complexity index is 707. The monoisotopic (exact) mass is 374 g/mol. The topological polar surface area (TPSA) is 45.2 Å². The summed E-state index contributed by atoms with van der Waals surface area (Å²) in [5.41, 5.74) is 2.63. The lowest BCUT2D eigenvalue weighted by molar-refractivity contribution is 0.0500. The van der Waals surface area contributed by atoms with Crippen molar-refractivity contribution in [2.45, 2.75) is 25.6 Å². The molecule has 2 aromatic rings. The molecule has 0 radical (unpaired) electrons. The van der Waals surface area contributed by atoms with Gasteiger partial charge in [-0.15, -0.1) is 0 Å². The Balaban J connectivity index is 1.39. The highest BCUT2D eigenvalue weighted by Gasteiger charge is 2.27. The first-order valence-corrected chi connectivity index (χ1v) is 10.2. The quantitative estimate of drug-likeness (QED) is 0.842. The predicted octanol–water partition coefficient (Wildman–Crippen LogP) is 2.59. The summed E-state index contributed by atoms with van der Waals surface area (Å²) in [4.78, 5) is 4.99. The van der Waals surface area contributed by atoms with E-state index in [0.29, 0.717) is 19.3 Å². The van der Waals surface area contributed by atoms with Crippen molar-refractivity contribution < 1.29 is 14.6 Å². The molecule has 0 amide bonds. The van der Waals surface area contributed by atoms with Crippen LogP contribution in [-0.2, 0) is 13.1 Å². The molecule has 4 rings (SSSR count). The summed E-state index contributed by atoms with van der Waals surface area (Å²) in [7, 11) is 0. The fraction of sp³-hybridized carbons (Fsp3) is 0.500. The lowest BCUT2D eigenvalue weighted by Gasteiger charge is -2.41. The number of aliphatic hydroxyl groups is 1. The summed E-state index contributed by atoms with van der Waals surface area (Å²) in [6.45, 7) is 6.43. The van der Waals surface area contributed by atoms with Crippen molar-refractivity contribution in [1.82, 2.24) is 9.80 Å². The van der Waals surface area contributed by atoms with Gasteiger partial charge in [-0.05, 0) is 46.5 Å². The first-order chi connectivity index (χ1) is 12.8. The van der Waals surface area contributed by atoms with Crippen LogP contribution in [0.2, 0.25) is 0 Å². The van der Waals surface area contributed by atoms with Crippen LogP contribution < -0.4 is 9.47 Å². The molecule has 0 bridgehead atoms. The number of fused-ring (bicyclic) bond motifs is 1. The van der Waals surface area contributed by atoms with E-state index in [1.807, 2.05) is 6.07 Å². The Morgan fingerprint density at radius 2 is 1.92 bits per heavy atom. The third-order valence-electron chi connectivity index (χ3n) is 5.13. The molecule has 0 saturated carbocycles. The maximum atomic E-state index is 9.50. The van der Waals surface area contributed by atoms with Gasteiger partial charge < -0.3 is 14.6 Å². The lowest BCUT2D eigenvalue weighted by atomic mass is 10.1. The maximum Gasteiger partial charge on any atom is 0.161 e. The van der Waals surface area contributed by atoms with Crippen molar-refractivity contribution in [2.24, 2.45) is 0 Å². The molecule has 1 saturated heterocycles. The molecule has 26 heavy (non-hydrogen) atoms. The molecule has 3 heterocycles. The molecule has 1 N–H and O–H groups in total. The van der Waals surface area contributed by atoms with Crippen LogP contribution in [0.15, 0.2) is 35.0 Å². The van der Waals surface area contributed by atoms with Gasteiger partial charge >= 0.3 is 0 Å². The van der Waals surface area contributed by atoms with E-state index in [4.69, 9.17) is 9.47 Å². The number of thiophene rings is 1. The van der Waals surface area contributed by atoms with Crippen molar-refractivity contribution in [3.63, 3.8) is 0 Å². The Morgan fingerprint density at radius 1 is 1.04 bits per heavy atom. The minimum Gasteiger partial charge on any atom is -0.486 e. The van der Waals surface area contributed by atoms with E-state index >= 15 is 0 Å². The minimum absolute atomic E-state index is 0.239. The van der Waals surface area contributed by atoms with Gasteiger partial charge in [-0.25, -0.2) is 0 Å². The Morgan fingerprint density at radius 3 is 2.73 bits per heavy atom. The fourth-order valence-electron chi connectivity index (χ4n) is 3.79. The maximum absolute atomic E-state index is 9.50. The normalized spacial score (nSPS) is 21.0. The van der Waals surface area contributed by atoms with E-state index in [2.05, 4.69) is 38.8 Å². The van der Waals surface area contributed by atoms with Crippen molar-refractivity contribution in [2.75, 3.05) is 39.5 Å². The Kier molecular flexibility index (Phi) is 5.75. The van der Waals surface area contributed by atoms with Crippen molar-refractivity contribution in [1.29, 1.82) is 0 Å². The van der Waals surface area contributed by atoms with Gasteiger partial charge in [-0.1, -0.05) is 6.07 Å². The largest absolute Gasteiger partial charge is 0.486 e. The summed E-state index contributed by atoms with van der Waals surface area (Å²) >= 11 is 1.75.